The summed E-state index contributed by atoms with van der Waals surface area (Å²) >= 11 is 0. The molecule has 0 aromatic heterocycles. The van der Waals surface area contributed by atoms with Crippen LogP contribution >= 0.6 is 0 Å². The molecule has 0 aliphatic carbocycles. The summed E-state index contributed by atoms with van der Waals surface area (Å²) in [5.74, 6) is -0.847. The molecule has 0 bridgehead atoms. The van der Waals surface area contributed by atoms with Gasteiger partial charge in [-0.15, -0.1) is 0 Å². The Morgan fingerprint density at radius 1 is 1.04 bits per heavy atom. The fourth-order valence-electron chi connectivity index (χ4n) is 2.36. The molecule has 0 radical (unpaired) electrons. The van der Waals surface area contributed by atoms with Crippen molar-refractivity contribution >= 4 is 24.0 Å². The molecule has 2 N–H and O–H groups in total. The van der Waals surface area contributed by atoms with Gasteiger partial charge in [-0.2, -0.15) is 0 Å². The van der Waals surface area contributed by atoms with E-state index in [1.165, 1.54) is 13.1 Å². The van der Waals surface area contributed by atoms with Crippen LogP contribution < -0.4 is 15.4 Å². The van der Waals surface area contributed by atoms with Crippen LogP contribution in [0.1, 0.15) is 24.2 Å². The molecule has 2 aromatic carbocycles. The Morgan fingerprint density at radius 2 is 1.71 bits per heavy atom. The third-order valence-corrected chi connectivity index (χ3v) is 3.66. The van der Waals surface area contributed by atoms with Crippen molar-refractivity contribution < 1.29 is 23.9 Å². The number of ether oxygens (including phenoxy) is 2. The minimum atomic E-state index is -1.27. The van der Waals surface area contributed by atoms with E-state index in [0.29, 0.717) is 23.5 Å². The summed E-state index contributed by atoms with van der Waals surface area (Å²) in [6.07, 6.45) is 1.49. The Hall–Kier alpha value is -3.61. The lowest BCUT2D eigenvalue weighted by molar-refractivity contribution is -0.151. The molecule has 1 atom stereocenters. The maximum Gasteiger partial charge on any atom is 0.331 e. The average molecular weight is 382 g/mol. The first-order chi connectivity index (χ1) is 13.5. The highest BCUT2D eigenvalue weighted by Gasteiger charge is 2.25. The summed E-state index contributed by atoms with van der Waals surface area (Å²) in [4.78, 5) is 36.1. The second kappa shape index (κ2) is 10.5. The molecule has 0 spiro atoms. The average Bonchev–Trinajstić information content (AvgIpc) is 2.72. The van der Waals surface area contributed by atoms with Crippen LogP contribution in [0.2, 0.25) is 0 Å². The second-order valence-corrected chi connectivity index (χ2v) is 5.60. The first-order valence-electron chi connectivity index (χ1n) is 8.73. The molecule has 2 aromatic rings. The van der Waals surface area contributed by atoms with Gasteiger partial charge < -0.3 is 14.8 Å². The van der Waals surface area contributed by atoms with Gasteiger partial charge in [0.05, 0.1) is 6.61 Å². The van der Waals surface area contributed by atoms with Crippen LogP contribution in [0.3, 0.4) is 0 Å². The second-order valence-electron chi connectivity index (χ2n) is 5.60. The van der Waals surface area contributed by atoms with E-state index in [1.807, 2.05) is 19.1 Å². The molecular formula is C21H22N2O5. The summed E-state index contributed by atoms with van der Waals surface area (Å²) in [7, 11) is 1.38. The Labute approximate surface area is 163 Å². The first-order valence-corrected chi connectivity index (χ1v) is 8.73. The zero-order chi connectivity index (χ0) is 20.4. The third kappa shape index (κ3) is 5.98. The van der Waals surface area contributed by atoms with E-state index in [9.17, 15) is 14.4 Å². The molecule has 3 amide bonds. The van der Waals surface area contributed by atoms with Crippen LogP contribution in [-0.4, -0.2) is 31.6 Å². The van der Waals surface area contributed by atoms with Gasteiger partial charge in [0.15, 0.2) is 0 Å². The highest BCUT2D eigenvalue weighted by atomic mass is 16.5. The standard InChI is InChI=1S/C21H22N2O5/c1-3-27-17-12-8-7-9-15(17)13-14-18(24)28-19(16-10-5-4-6-11-16)20(25)23-21(26)22-2/h4-14,19H,3H2,1-2H3,(H2,22,23,25,26)/b14-13+/t19-/m1/s1. The molecule has 0 saturated heterocycles. The lowest BCUT2D eigenvalue weighted by Crippen LogP contribution is -2.41. The number of urea groups is 1. The van der Waals surface area contributed by atoms with Gasteiger partial charge >= 0.3 is 12.0 Å². The van der Waals surface area contributed by atoms with Crippen molar-refractivity contribution in [2.45, 2.75) is 13.0 Å². The summed E-state index contributed by atoms with van der Waals surface area (Å²) in [5, 5.41) is 4.40. The molecule has 0 aliphatic heterocycles. The highest BCUT2D eigenvalue weighted by Crippen LogP contribution is 2.21. The molecule has 2 rings (SSSR count). The number of amides is 3. The number of benzene rings is 2. The Kier molecular flexibility index (Phi) is 7.77. The number of imide groups is 1. The molecule has 146 valence electrons. The number of para-hydroxylation sites is 1. The molecule has 0 aliphatic rings. The van der Waals surface area contributed by atoms with Crippen molar-refractivity contribution in [2.75, 3.05) is 13.7 Å². The predicted molar refractivity (Wildman–Crippen MR) is 105 cm³/mol. The first kappa shape index (κ1) is 20.7. The fraction of sp³-hybridized carbons (Fsp3) is 0.190. The molecule has 0 unspecified atom stereocenters. The van der Waals surface area contributed by atoms with E-state index in [0.717, 1.165) is 0 Å². The zero-order valence-electron chi connectivity index (χ0n) is 15.7. The molecular weight excluding hydrogens is 360 g/mol. The molecule has 0 heterocycles. The zero-order valence-corrected chi connectivity index (χ0v) is 15.7. The molecule has 7 nitrogen and oxygen atoms in total. The van der Waals surface area contributed by atoms with Gasteiger partial charge in [-0.1, -0.05) is 48.5 Å². The van der Waals surface area contributed by atoms with Crippen LogP contribution in [-0.2, 0) is 14.3 Å². The summed E-state index contributed by atoms with van der Waals surface area (Å²) < 4.78 is 10.8. The van der Waals surface area contributed by atoms with Gasteiger partial charge in [-0.3, -0.25) is 10.1 Å². The van der Waals surface area contributed by atoms with Crippen LogP contribution in [0.4, 0.5) is 4.79 Å². The van der Waals surface area contributed by atoms with Gasteiger partial charge in [0.25, 0.3) is 5.91 Å². The van der Waals surface area contributed by atoms with Crippen LogP contribution in [0.15, 0.2) is 60.7 Å². The lowest BCUT2D eigenvalue weighted by Gasteiger charge is -2.16. The van der Waals surface area contributed by atoms with E-state index in [4.69, 9.17) is 9.47 Å². The largest absolute Gasteiger partial charge is 0.493 e. The van der Waals surface area contributed by atoms with Gasteiger partial charge in [0, 0.05) is 24.3 Å². The lowest BCUT2D eigenvalue weighted by atomic mass is 10.1. The number of carbonyl (C=O) groups excluding carboxylic acids is 3. The number of carbonyl (C=O) groups is 3. The minimum Gasteiger partial charge on any atom is -0.493 e. The quantitative estimate of drug-likeness (QED) is 0.567. The van der Waals surface area contributed by atoms with Crippen molar-refractivity contribution in [1.29, 1.82) is 0 Å². The molecule has 0 saturated carbocycles. The van der Waals surface area contributed by atoms with E-state index in [2.05, 4.69) is 10.6 Å². The van der Waals surface area contributed by atoms with Gasteiger partial charge in [-0.05, 0) is 19.1 Å². The normalized spacial score (nSPS) is 11.5. The van der Waals surface area contributed by atoms with Crippen molar-refractivity contribution in [3.63, 3.8) is 0 Å². The summed E-state index contributed by atoms with van der Waals surface area (Å²) in [6.45, 7) is 2.36. The minimum absolute atomic E-state index is 0.445. The topological polar surface area (TPSA) is 93.7 Å². The van der Waals surface area contributed by atoms with Crippen molar-refractivity contribution in [2.24, 2.45) is 0 Å². The number of hydrogen-bond acceptors (Lipinski definition) is 5. The molecule has 0 fully saturated rings. The molecule has 28 heavy (non-hydrogen) atoms. The fourth-order valence-corrected chi connectivity index (χ4v) is 2.36. The highest BCUT2D eigenvalue weighted by molar-refractivity contribution is 5.98. The number of hydrogen-bond donors (Lipinski definition) is 2. The van der Waals surface area contributed by atoms with Gasteiger partial charge in [0.2, 0.25) is 6.10 Å². The monoisotopic (exact) mass is 382 g/mol. The van der Waals surface area contributed by atoms with Crippen molar-refractivity contribution in [1.82, 2.24) is 10.6 Å². The Balaban J connectivity index is 2.16. The van der Waals surface area contributed by atoms with E-state index >= 15 is 0 Å². The van der Waals surface area contributed by atoms with E-state index in [1.54, 1.807) is 48.5 Å². The van der Waals surface area contributed by atoms with Crippen LogP contribution in [0.5, 0.6) is 5.75 Å². The Morgan fingerprint density at radius 3 is 2.39 bits per heavy atom. The molecule has 7 heteroatoms. The maximum atomic E-state index is 12.4. The van der Waals surface area contributed by atoms with Crippen molar-refractivity contribution in [3.8, 4) is 5.75 Å². The number of nitrogens with one attached hydrogen (secondary N) is 2. The smallest absolute Gasteiger partial charge is 0.331 e. The Bertz CT molecular complexity index is 849. The maximum absolute atomic E-state index is 12.4. The van der Waals surface area contributed by atoms with Crippen molar-refractivity contribution in [3.05, 3.63) is 71.8 Å². The van der Waals surface area contributed by atoms with E-state index < -0.39 is 24.0 Å². The number of rotatable bonds is 7. The summed E-state index contributed by atoms with van der Waals surface area (Å²) in [6, 6.07) is 15.0. The van der Waals surface area contributed by atoms with Gasteiger partial charge in [-0.25, -0.2) is 9.59 Å². The third-order valence-electron chi connectivity index (χ3n) is 3.66. The van der Waals surface area contributed by atoms with Crippen LogP contribution in [0, 0.1) is 0 Å². The van der Waals surface area contributed by atoms with Crippen LogP contribution in [0.25, 0.3) is 6.08 Å². The number of esters is 1. The summed E-state index contributed by atoms with van der Waals surface area (Å²) in [5.41, 5.74) is 1.15. The predicted octanol–water partition coefficient (Wildman–Crippen LogP) is 2.84. The van der Waals surface area contributed by atoms with E-state index in [-0.39, 0.29) is 0 Å². The van der Waals surface area contributed by atoms with Gasteiger partial charge in [0.1, 0.15) is 5.75 Å². The SMILES string of the molecule is CCOc1ccccc1/C=C/C(=O)O[C@@H](C(=O)NC(=O)NC)c1ccccc1.